The number of benzene rings is 2. The number of rotatable bonds is 4. The van der Waals surface area contributed by atoms with Gasteiger partial charge in [0, 0.05) is 60.6 Å². The Labute approximate surface area is 186 Å². The number of ether oxygens (including phenoxy) is 1. The summed E-state index contributed by atoms with van der Waals surface area (Å²) >= 11 is 0. The van der Waals surface area contributed by atoms with Crippen molar-refractivity contribution in [3.05, 3.63) is 76.1 Å². The Morgan fingerprint density at radius 1 is 1.06 bits per heavy atom. The number of aromatic carboxylic acids is 2. The van der Waals surface area contributed by atoms with Crippen LogP contribution in [0.3, 0.4) is 0 Å². The Kier molecular flexibility index (Phi) is 5.34. The largest absolute Gasteiger partial charge is 0.545 e. The molecular weight excluding hydrogens is 408 g/mol. The van der Waals surface area contributed by atoms with Gasteiger partial charge in [0.05, 0.1) is 11.5 Å². The van der Waals surface area contributed by atoms with Crippen molar-refractivity contribution in [2.45, 2.75) is 12.8 Å². The van der Waals surface area contributed by atoms with E-state index in [1.54, 1.807) is 6.07 Å². The number of carbonyl (C=O) groups excluding carboxylic acids is 1. The van der Waals surface area contributed by atoms with Crippen molar-refractivity contribution in [2.24, 2.45) is 0 Å². The van der Waals surface area contributed by atoms with Crippen LogP contribution >= 0.6 is 0 Å². The molecule has 2 aromatic carbocycles. The van der Waals surface area contributed by atoms with Gasteiger partial charge in [-0.1, -0.05) is 6.07 Å². The first-order valence-electron chi connectivity index (χ1n) is 10.2. The van der Waals surface area contributed by atoms with E-state index in [-0.39, 0.29) is 11.1 Å². The van der Waals surface area contributed by atoms with Crippen molar-refractivity contribution in [3.8, 4) is 5.75 Å². The molecule has 0 spiro atoms. The highest BCUT2D eigenvalue weighted by Gasteiger charge is 2.31. The summed E-state index contributed by atoms with van der Waals surface area (Å²) in [5.41, 5.74) is 4.61. The predicted molar refractivity (Wildman–Crippen MR) is 120 cm³/mol. The Balaban J connectivity index is 2.03. The summed E-state index contributed by atoms with van der Waals surface area (Å²) in [5, 5.41) is 21.3. The molecule has 0 atom stereocenters. The Bertz CT molecular complexity index is 1250. The number of carboxylic acids is 2. The lowest BCUT2D eigenvalue weighted by atomic mass is 9.82. The van der Waals surface area contributed by atoms with Crippen LogP contribution < -0.4 is 14.7 Å². The van der Waals surface area contributed by atoms with Gasteiger partial charge in [-0.2, -0.15) is 0 Å². The number of fused-ring (bicyclic) bond motifs is 2. The summed E-state index contributed by atoms with van der Waals surface area (Å²) in [7, 11) is 7.82. The van der Waals surface area contributed by atoms with Gasteiger partial charge in [0.25, 0.3) is 0 Å². The normalized spacial score (nSPS) is 14.8. The molecule has 0 radical (unpaired) electrons. The van der Waals surface area contributed by atoms with E-state index in [0.29, 0.717) is 23.5 Å². The maximum absolute atomic E-state index is 12.0. The van der Waals surface area contributed by atoms with E-state index >= 15 is 0 Å². The molecule has 2 aromatic rings. The van der Waals surface area contributed by atoms with E-state index in [4.69, 9.17) is 4.74 Å². The van der Waals surface area contributed by atoms with E-state index in [1.807, 2.05) is 61.9 Å². The van der Waals surface area contributed by atoms with Crippen molar-refractivity contribution >= 4 is 28.9 Å². The lowest BCUT2D eigenvalue weighted by Crippen LogP contribution is -2.26. The van der Waals surface area contributed by atoms with Gasteiger partial charge in [-0.3, -0.25) is 0 Å². The number of hydrogen-bond acceptors (Lipinski definition) is 5. The molecule has 7 nitrogen and oxygen atoms in total. The van der Waals surface area contributed by atoms with Crippen LogP contribution in [0.2, 0.25) is 0 Å². The minimum Gasteiger partial charge on any atom is -0.545 e. The van der Waals surface area contributed by atoms with Crippen LogP contribution in [-0.2, 0) is 0 Å². The molecule has 0 amide bonds. The standard InChI is InChI=1S/C25H24N2O5/c1-26(2)15-6-9-18-21(12-15)32-22-13-16(27(3)4)7-10-19(22)23(18)17-8-5-14(24(28)29)11-20(17)25(30)31/h5-6,8-9,11-13H,7,10H2,1-4H3,(H-,28,29,30,31). The average molecular weight is 432 g/mol. The van der Waals surface area contributed by atoms with Crippen LogP contribution in [0.25, 0.3) is 5.57 Å². The second-order valence-corrected chi connectivity index (χ2v) is 8.28. The summed E-state index contributed by atoms with van der Waals surface area (Å²) in [6.45, 7) is 0. The van der Waals surface area contributed by atoms with Crippen LogP contribution in [-0.4, -0.2) is 55.5 Å². The van der Waals surface area contributed by atoms with Crippen molar-refractivity contribution in [2.75, 3.05) is 33.1 Å². The highest BCUT2D eigenvalue weighted by atomic mass is 16.5. The molecule has 7 heteroatoms. The van der Waals surface area contributed by atoms with E-state index in [0.717, 1.165) is 40.6 Å². The van der Waals surface area contributed by atoms with Gasteiger partial charge in [0.1, 0.15) is 25.6 Å². The molecule has 1 aliphatic carbocycles. The van der Waals surface area contributed by atoms with Gasteiger partial charge in [0.2, 0.25) is 0 Å². The van der Waals surface area contributed by atoms with E-state index < -0.39 is 11.9 Å². The second kappa shape index (κ2) is 8.00. The topological polar surface area (TPSA) is 92.9 Å². The minimum absolute atomic E-state index is 0.101. The van der Waals surface area contributed by atoms with Crippen molar-refractivity contribution < 1.29 is 29.1 Å². The molecule has 0 aromatic heterocycles. The van der Waals surface area contributed by atoms with Gasteiger partial charge >= 0.3 is 5.97 Å². The van der Waals surface area contributed by atoms with Crippen molar-refractivity contribution in [1.82, 2.24) is 0 Å². The van der Waals surface area contributed by atoms with E-state index in [1.165, 1.54) is 6.07 Å². The third-order valence-electron chi connectivity index (χ3n) is 5.83. The molecule has 0 bridgehead atoms. The molecule has 32 heavy (non-hydrogen) atoms. The lowest BCUT2D eigenvalue weighted by Gasteiger charge is -2.30. The number of nitrogens with zero attached hydrogens (tertiary/aromatic N) is 2. The first kappa shape index (κ1) is 21.4. The molecule has 0 saturated heterocycles. The highest BCUT2D eigenvalue weighted by molar-refractivity contribution is 6.03. The third kappa shape index (κ3) is 3.66. The molecule has 0 saturated carbocycles. The average Bonchev–Trinajstić information content (AvgIpc) is 2.75. The maximum atomic E-state index is 12.0. The fourth-order valence-corrected chi connectivity index (χ4v) is 4.11. The molecular formula is C25H24N2O5. The first-order valence-corrected chi connectivity index (χ1v) is 10.2. The molecule has 164 valence electrons. The zero-order chi connectivity index (χ0) is 23.2. The van der Waals surface area contributed by atoms with Crippen LogP contribution in [0.4, 0.5) is 5.69 Å². The molecule has 0 fully saturated rings. The molecule has 2 aliphatic rings. The number of allylic oxidation sites excluding steroid dienone is 2. The van der Waals surface area contributed by atoms with Crippen LogP contribution in [0.1, 0.15) is 44.7 Å². The predicted octanol–water partition coefficient (Wildman–Crippen LogP) is 2.40. The van der Waals surface area contributed by atoms with Crippen molar-refractivity contribution in [3.63, 3.8) is 0 Å². The minimum atomic E-state index is -1.42. The van der Waals surface area contributed by atoms with Gasteiger partial charge in [-0.15, -0.1) is 0 Å². The number of anilines is 1. The Morgan fingerprint density at radius 3 is 2.41 bits per heavy atom. The summed E-state index contributed by atoms with van der Waals surface area (Å²) in [6, 6.07) is 9.91. The molecule has 1 N–H and O–H groups in total. The first-order chi connectivity index (χ1) is 15.2. The number of hydrogen-bond donors (Lipinski definition) is 1. The van der Waals surface area contributed by atoms with E-state index in [9.17, 15) is 19.8 Å². The summed E-state index contributed by atoms with van der Waals surface area (Å²) in [4.78, 5) is 25.4. The smallest absolute Gasteiger partial charge is 0.335 e. The molecule has 4 rings (SSSR count). The van der Waals surface area contributed by atoms with Crippen LogP contribution in [0.5, 0.6) is 5.75 Å². The highest BCUT2D eigenvalue weighted by Crippen LogP contribution is 2.46. The third-order valence-corrected chi connectivity index (χ3v) is 5.83. The second-order valence-electron chi connectivity index (χ2n) is 8.28. The number of carboxylic acid groups (broad SMARTS) is 2. The quantitative estimate of drug-likeness (QED) is 0.746. The summed E-state index contributed by atoms with van der Waals surface area (Å²) in [5.74, 6) is -1.32. The van der Waals surface area contributed by atoms with Crippen LogP contribution in [0, 0.1) is 0 Å². The zero-order valence-electron chi connectivity index (χ0n) is 18.4. The van der Waals surface area contributed by atoms with E-state index in [2.05, 4.69) is 0 Å². The van der Waals surface area contributed by atoms with Gasteiger partial charge < -0.3 is 24.6 Å². The monoisotopic (exact) mass is 432 g/mol. The Morgan fingerprint density at radius 2 is 1.78 bits per heavy atom. The maximum Gasteiger partial charge on any atom is 0.335 e. The van der Waals surface area contributed by atoms with Gasteiger partial charge in [-0.05, 0) is 36.2 Å². The fourth-order valence-electron chi connectivity index (χ4n) is 4.11. The summed E-state index contributed by atoms with van der Waals surface area (Å²) in [6.07, 6.45) is 3.42. The molecule has 0 unspecified atom stereocenters. The van der Waals surface area contributed by atoms with Crippen LogP contribution in [0.15, 0.2) is 53.8 Å². The number of carbonyl (C=O) groups is 2. The molecule has 1 heterocycles. The lowest BCUT2D eigenvalue weighted by molar-refractivity contribution is -0.465. The summed E-state index contributed by atoms with van der Waals surface area (Å²) < 4.78 is 8.33. The Hall–Kier alpha value is -3.87. The van der Waals surface area contributed by atoms with Crippen molar-refractivity contribution in [1.29, 1.82) is 0 Å². The fraction of sp³-hybridized carbons (Fsp3) is 0.240. The SMILES string of the molecule is CN(C)c1ccc2c(c1)OC1=CC(=[N+](C)C)CCC1=C2c1ccc(C(=O)O)cc1C(=O)[O-]. The zero-order valence-corrected chi connectivity index (χ0v) is 18.4. The molecule has 1 aliphatic heterocycles. The van der Waals surface area contributed by atoms with Gasteiger partial charge in [0.15, 0.2) is 5.71 Å². The van der Waals surface area contributed by atoms with Gasteiger partial charge in [-0.25, -0.2) is 9.37 Å².